The van der Waals surface area contributed by atoms with E-state index in [1.54, 1.807) is 0 Å². The quantitative estimate of drug-likeness (QED) is 0.812. The second-order valence-corrected chi connectivity index (χ2v) is 7.70. The van der Waals surface area contributed by atoms with Crippen molar-refractivity contribution < 1.29 is 14.7 Å². The minimum Gasteiger partial charge on any atom is -0.481 e. The van der Waals surface area contributed by atoms with Crippen molar-refractivity contribution in [3.63, 3.8) is 0 Å². The van der Waals surface area contributed by atoms with Crippen molar-refractivity contribution in [1.29, 1.82) is 0 Å². The van der Waals surface area contributed by atoms with Gasteiger partial charge in [-0.2, -0.15) is 11.8 Å². The first-order chi connectivity index (χ1) is 8.84. The van der Waals surface area contributed by atoms with Gasteiger partial charge in [-0.05, 0) is 24.5 Å². The van der Waals surface area contributed by atoms with E-state index in [1.807, 2.05) is 25.6 Å². The number of amides is 1. The molecule has 2 atom stereocenters. The van der Waals surface area contributed by atoms with Crippen LogP contribution in [0.4, 0.5) is 0 Å². The summed E-state index contributed by atoms with van der Waals surface area (Å²) in [5, 5.41) is 12.1. The minimum atomic E-state index is -0.856. The molecule has 19 heavy (non-hydrogen) atoms. The largest absolute Gasteiger partial charge is 0.481 e. The topological polar surface area (TPSA) is 66.4 Å². The summed E-state index contributed by atoms with van der Waals surface area (Å²) in [5.41, 5.74) is -0.405. The third-order valence-electron chi connectivity index (χ3n) is 4.91. The fourth-order valence-electron chi connectivity index (χ4n) is 3.42. The summed E-state index contributed by atoms with van der Waals surface area (Å²) in [6.07, 6.45) is 6.83. The monoisotopic (exact) mass is 285 g/mol. The Kier molecular flexibility index (Phi) is 3.87. The molecule has 4 nitrogen and oxygen atoms in total. The van der Waals surface area contributed by atoms with Crippen LogP contribution in [0, 0.1) is 17.3 Å². The zero-order valence-corrected chi connectivity index (χ0v) is 12.7. The highest BCUT2D eigenvalue weighted by atomic mass is 32.2. The van der Waals surface area contributed by atoms with Gasteiger partial charge in [-0.3, -0.25) is 9.59 Å². The van der Waals surface area contributed by atoms with Crippen LogP contribution in [0.25, 0.3) is 0 Å². The maximum Gasteiger partial charge on any atom is 0.307 e. The van der Waals surface area contributed by atoms with E-state index in [2.05, 4.69) is 11.6 Å². The Labute approximate surface area is 118 Å². The smallest absolute Gasteiger partial charge is 0.307 e. The van der Waals surface area contributed by atoms with Crippen molar-refractivity contribution in [3.05, 3.63) is 0 Å². The normalized spacial score (nSPS) is 30.9. The minimum absolute atomic E-state index is 0.0854. The molecular formula is C14H23NO3S. The molecule has 5 heteroatoms. The number of nitrogens with one attached hydrogen (secondary N) is 1. The van der Waals surface area contributed by atoms with E-state index < -0.39 is 17.3 Å². The Hall–Kier alpha value is -0.710. The Morgan fingerprint density at radius 3 is 2.26 bits per heavy atom. The first-order valence-electron chi connectivity index (χ1n) is 6.90. The van der Waals surface area contributed by atoms with Crippen LogP contribution in [0.5, 0.6) is 0 Å². The zero-order valence-electron chi connectivity index (χ0n) is 11.9. The molecule has 0 spiro atoms. The first-order valence-corrected chi connectivity index (χ1v) is 8.12. The van der Waals surface area contributed by atoms with Gasteiger partial charge in [0.25, 0.3) is 0 Å². The summed E-state index contributed by atoms with van der Waals surface area (Å²) in [5.74, 6) is -1.84. The number of carboxylic acids is 1. The molecule has 0 heterocycles. The van der Waals surface area contributed by atoms with Gasteiger partial charge in [0, 0.05) is 11.3 Å². The Morgan fingerprint density at radius 1 is 1.26 bits per heavy atom. The lowest BCUT2D eigenvalue weighted by Gasteiger charge is -2.27. The van der Waals surface area contributed by atoms with Gasteiger partial charge in [0.1, 0.15) is 0 Å². The number of carbonyl (C=O) groups excluding carboxylic acids is 1. The van der Waals surface area contributed by atoms with Crippen molar-refractivity contribution in [2.24, 2.45) is 17.3 Å². The van der Waals surface area contributed by atoms with Crippen LogP contribution in [0.1, 0.15) is 39.5 Å². The predicted molar refractivity (Wildman–Crippen MR) is 76.1 cm³/mol. The van der Waals surface area contributed by atoms with Gasteiger partial charge in [0.05, 0.1) is 11.8 Å². The molecule has 0 aromatic heterocycles. The van der Waals surface area contributed by atoms with E-state index in [0.717, 1.165) is 12.8 Å². The Bertz CT molecular complexity index is 388. The van der Waals surface area contributed by atoms with Crippen LogP contribution in [0.2, 0.25) is 0 Å². The molecular weight excluding hydrogens is 262 g/mol. The third-order valence-corrected chi connectivity index (χ3v) is 6.33. The van der Waals surface area contributed by atoms with E-state index >= 15 is 0 Å². The predicted octanol–water partition coefficient (Wildman–Crippen LogP) is 2.14. The number of thioether (sulfide) groups is 1. The fourth-order valence-corrected chi connectivity index (χ4v) is 4.33. The van der Waals surface area contributed by atoms with Crippen molar-refractivity contribution in [1.82, 2.24) is 5.32 Å². The maximum absolute atomic E-state index is 12.2. The average Bonchev–Trinajstić information content (AvgIpc) is 2.74. The number of carboxylic acid groups (broad SMARTS) is 1. The summed E-state index contributed by atoms with van der Waals surface area (Å²) < 4.78 is 0.174. The molecule has 1 amide bonds. The summed E-state index contributed by atoms with van der Waals surface area (Å²) in [6, 6.07) is 0. The highest BCUT2D eigenvalue weighted by molar-refractivity contribution is 8.00. The molecule has 0 aromatic rings. The highest BCUT2D eigenvalue weighted by Gasteiger charge is 2.65. The van der Waals surface area contributed by atoms with Gasteiger partial charge >= 0.3 is 5.97 Å². The number of carbonyl (C=O) groups is 2. The molecule has 2 unspecified atom stereocenters. The van der Waals surface area contributed by atoms with Gasteiger partial charge in [0.15, 0.2) is 0 Å². The van der Waals surface area contributed by atoms with Crippen molar-refractivity contribution in [3.8, 4) is 0 Å². The lowest BCUT2D eigenvalue weighted by Crippen LogP contribution is -2.39. The molecule has 2 aliphatic rings. The Morgan fingerprint density at radius 2 is 1.84 bits per heavy atom. The van der Waals surface area contributed by atoms with Crippen LogP contribution >= 0.6 is 11.8 Å². The molecule has 108 valence electrons. The summed E-state index contributed by atoms with van der Waals surface area (Å²) >= 11 is 1.83. The standard InChI is InChI=1S/C14H23NO3S/c1-13(2)9(10(13)12(17)18)11(16)15-8-14(19-3)6-4-5-7-14/h9-10H,4-8H2,1-3H3,(H,15,16)(H,17,18). The number of rotatable bonds is 5. The van der Waals surface area contributed by atoms with Gasteiger partial charge in [-0.15, -0.1) is 0 Å². The molecule has 2 aliphatic carbocycles. The average molecular weight is 285 g/mol. The van der Waals surface area contributed by atoms with E-state index in [1.165, 1.54) is 12.8 Å². The molecule has 2 saturated carbocycles. The molecule has 0 aromatic carbocycles. The van der Waals surface area contributed by atoms with Gasteiger partial charge in [0.2, 0.25) is 5.91 Å². The molecule has 0 radical (unpaired) electrons. The summed E-state index contributed by atoms with van der Waals surface area (Å²) in [4.78, 5) is 23.3. The lowest BCUT2D eigenvalue weighted by molar-refractivity contribution is -0.140. The van der Waals surface area contributed by atoms with Crippen LogP contribution in [0.15, 0.2) is 0 Å². The van der Waals surface area contributed by atoms with Gasteiger partial charge in [-0.25, -0.2) is 0 Å². The number of aliphatic carboxylic acids is 1. The van der Waals surface area contributed by atoms with E-state index in [9.17, 15) is 9.59 Å². The van der Waals surface area contributed by atoms with Gasteiger partial charge in [-0.1, -0.05) is 26.7 Å². The summed E-state index contributed by atoms with van der Waals surface area (Å²) in [7, 11) is 0. The lowest BCUT2D eigenvalue weighted by atomic mass is 10.1. The molecule has 0 saturated heterocycles. The van der Waals surface area contributed by atoms with Gasteiger partial charge < -0.3 is 10.4 Å². The SMILES string of the molecule is CSC1(CNC(=O)C2C(C(=O)O)C2(C)C)CCCC1. The van der Waals surface area contributed by atoms with Crippen LogP contribution in [0.3, 0.4) is 0 Å². The first kappa shape index (κ1) is 14.7. The summed E-state index contributed by atoms with van der Waals surface area (Å²) in [6.45, 7) is 4.39. The van der Waals surface area contributed by atoms with Crippen molar-refractivity contribution in [2.75, 3.05) is 12.8 Å². The third kappa shape index (κ3) is 2.62. The molecule has 2 fully saturated rings. The zero-order chi connectivity index (χ0) is 14.3. The highest BCUT2D eigenvalue weighted by Crippen LogP contribution is 2.58. The maximum atomic E-state index is 12.2. The van der Waals surface area contributed by atoms with E-state index in [4.69, 9.17) is 5.11 Å². The van der Waals surface area contributed by atoms with Crippen LogP contribution in [-0.2, 0) is 9.59 Å². The number of hydrogen-bond donors (Lipinski definition) is 2. The Balaban J connectivity index is 1.91. The molecule has 2 N–H and O–H groups in total. The van der Waals surface area contributed by atoms with E-state index in [0.29, 0.717) is 6.54 Å². The van der Waals surface area contributed by atoms with E-state index in [-0.39, 0.29) is 16.6 Å². The van der Waals surface area contributed by atoms with Crippen LogP contribution < -0.4 is 5.32 Å². The van der Waals surface area contributed by atoms with Crippen molar-refractivity contribution in [2.45, 2.75) is 44.3 Å². The second-order valence-electron chi connectivity index (χ2n) is 6.43. The molecule has 0 aliphatic heterocycles. The molecule has 2 rings (SSSR count). The second kappa shape index (κ2) is 5.00. The van der Waals surface area contributed by atoms with Crippen molar-refractivity contribution >= 4 is 23.6 Å². The van der Waals surface area contributed by atoms with Crippen LogP contribution in [-0.4, -0.2) is 34.5 Å². The fraction of sp³-hybridized carbons (Fsp3) is 0.857. The molecule has 0 bridgehead atoms. The number of hydrogen-bond acceptors (Lipinski definition) is 3.